The molecule has 1 aliphatic rings. The van der Waals surface area contributed by atoms with Crippen molar-refractivity contribution in [2.75, 3.05) is 18.0 Å². The summed E-state index contributed by atoms with van der Waals surface area (Å²) < 4.78 is 7.06. The average Bonchev–Trinajstić information content (AvgIpc) is 3.30. The molecule has 2 aromatic carbocycles. The van der Waals surface area contributed by atoms with E-state index in [-0.39, 0.29) is 12.6 Å². The van der Waals surface area contributed by atoms with Crippen LogP contribution in [0.3, 0.4) is 0 Å². The molecule has 0 unspecified atom stereocenters. The van der Waals surface area contributed by atoms with Crippen LogP contribution in [0.25, 0.3) is 5.69 Å². The number of benzene rings is 2. The maximum absolute atomic E-state index is 12.4. The molecule has 0 radical (unpaired) electrons. The van der Waals surface area contributed by atoms with Crippen LogP contribution in [-0.4, -0.2) is 34.9 Å². The Bertz CT molecular complexity index is 1050. The Morgan fingerprint density at radius 1 is 1.14 bits per heavy atom. The van der Waals surface area contributed by atoms with Gasteiger partial charge in [0.05, 0.1) is 16.9 Å². The van der Waals surface area contributed by atoms with Crippen molar-refractivity contribution in [1.29, 1.82) is 0 Å². The summed E-state index contributed by atoms with van der Waals surface area (Å²) in [5.74, 6) is -0.467. The molecule has 0 spiro atoms. The van der Waals surface area contributed by atoms with E-state index >= 15 is 0 Å². The minimum absolute atomic E-state index is 0.0205. The number of nitrogens with zero attached hydrogens (tertiary/aromatic N) is 3. The molecule has 148 valence electrons. The van der Waals surface area contributed by atoms with E-state index in [4.69, 9.17) is 16.3 Å². The number of carbonyl (C=O) groups is 2. The number of para-hydroxylation sites is 1. The van der Waals surface area contributed by atoms with Gasteiger partial charge in [0.2, 0.25) is 0 Å². The summed E-state index contributed by atoms with van der Waals surface area (Å²) >= 11 is 6.47. The number of nitrogens with one attached hydrogen (secondary N) is 1. The van der Waals surface area contributed by atoms with Crippen LogP contribution in [0.15, 0.2) is 54.6 Å². The fourth-order valence-electron chi connectivity index (χ4n) is 3.15. The summed E-state index contributed by atoms with van der Waals surface area (Å²) in [6.07, 6.45) is 0. The number of amides is 2. The van der Waals surface area contributed by atoms with E-state index in [9.17, 15) is 9.59 Å². The highest BCUT2D eigenvalue weighted by Crippen LogP contribution is 2.25. The molecule has 1 fully saturated rings. The van der Waals surface area contributed by atoms with Crippen LogP contribution < -0.4 is 10.2 Å². The number of hydrogen-bond acceptors (Lipinski definition) is 4. The molecular formula is C21H19ClN4O3. The molecule has 0 aliphatic carbocycles. The Hall–Kier alpha value is -3.32. The predicted molar refractivity (Wildman–Crippen MR) is 110 cm³/mol. The van der Waals surface area contributed by atoms with E-state index in [0.717, 1.165) is 11.4 Å². The van der Waals surface area contributed by atoms with Crippen molar-refractivity contribution in [3.8, 4) is 5.69 Å². The second-order valence-electron chi connectivity index (χ2n) is 6.61. The number of rotatable bonds is 5. The van der Waals surface area contributed by atoms with E-state index in [1.54, 1.807) is 33.8 Å². The van der Waals surface area contributed by atoms with Crippen molar-refractivity contribution < 1.29 is 14.3 Å². The first-order chi connectivity index (χ1) is 14.0. The first-order valence-electron chi connectivity index (χ1n) is 9.16. The van der Waals surface area contributed by atoms with Crippen molar-refractivity contribution >= 4 is 29.3 Å². The number of hydrogen-bond donors (Lipinski definition) is 1. The minimum atomic E-state index is -0.467. The van der Waals surface area contributed by atoms with Gasteiger partial charge in [0.15, 0.2) is 0 Å². The molecule has 1 saturated heterocycles. The largest absolute Gasteiger partial charge is 0.457 e. The van der Waals surface area contributed by atoms with Gasteiger partial charge in [-0.2, -0.15) is 5.10 Å². The van der Waals surface area contributed by atoms with Crippen LogP contribution in [-0.2, 0) is 11.3 Å². The summed E-state index contributed by atoms with van der Waals surface area (Å²) in [5.41, 5.74) is 3.33. The lowest BCUT2D eigenvalue weighted by atomic mass is 10.2. The zero-order valence-electron chi connectivity index (χ0n) is 15.8. The van der Waals surface area contributed by atoms with E-state index in [0.29, 0.717) is 35.1 Å². The molecule has 0 saturated carbocycles. The molecule has 8 heteroatoms. The topological polar surface area (TPSA) is 76.5 Å². The lowest BCUT2D eigenvalue weighted by Crippen LogP contribution is -2.27. The first kappa shape index (κ1) is 19.0. The van der Waals surface area contributed by atoms with Crippen LogP contribution in [0.4, 0.5) is 10.5 Å². The molecule has 0 bridgehead atoms. The molecular weight excluding hydrogens is 392 g/mol. The predicted octanol–water partition coefficient (Wildman–Crippen LogP) is 3.72. The molecule has 1 N–H and O–H groups in total. The Morgan fingerprint density at radius 2 is 1.86 bits per heavy atom. The summed E-state index contributed by atoms with van der Waals surface area (Å²) in [6.45, 7) is 3.06. The normalized spacial score (nSPS) is 13.4. The zero-order valence-corrected chi connectivity index (χ0v) is 16.5. The second-order valence-corrected chi connectivity index (χ2v) is 6.97. The van der Waals surface area contributed by atoms with Crippen molar-refractivity contribution in [1.82, 2.24) is 15.1 Å². The van der Waals surface area contributed by atoms with Crippen LogP contribution in [0.1, 0.15) is 21.6 Å². The summed E-state index contributed by atoms with van der Waals surface area (Å²) in [5, 5.41) is 7.60. The maximum Gasteiger partial charge on any atom is 0.338 e. The van der Waals surface area contributed by atoms with Gasteiger partial charge in [-0.15, -0.1) is 0 Å². The van der Waals surface area contributed by atoms with E-state index < -0.39 is 5.97 Å². The van der Waals surface area contributed by atoms with E-state index in [2.05, 4.69) is 10.4 Å². The maximum atomic E-state index is 12.4. The Balaban J connectivity index is 1.45. The summed E-state index contributed by atoms with van der Waals surface area (Å²) in [4.78, 5) is 25.8. The molecule has 7 nitrogen and oxygen atoms in total. The van der Waals surface area contributed by atoms with Gasteiger partial charge in [0.25, 0.3) is 0 Å². The number of anilines is 1. The number of aromatic nitrogens is 2. The van der Waals surface area contributed by atoms with Gasteiger partial charge in [-0.3, -0.25) is 4.90 Å². The van der Waals surface area contributed by atoms with Crippen LogP contribution in [0.5, 0.6) is 0 Å². The quantitative estimate of drug-likeness (QED) is 0.650. The highest BCUT2D eigenvalue weighted by atomic mass is 35.5. The van der Waals surface area contributed by atoms with Gasteiger partial charge in [-0.1, -0.05) is 29.8 Å². The van der Waals surface area contributed by atoms with Gasteiger partial charge in [-0.05, 0) is 43.3 Å². The Morgan fingerprint density at radius 3 is 2.52 bits per heavy atom. The van der Waals surface area contributed by atoms with Crippen molar-refractivity contribution in [2.24, 2.45) is 0 Å². The lowest BCUT2D eigenvalue weighted by Gasteiger charge is -2.14. The third kappa shape index (κ3) is 3.82. The molecule has 2 amide bonds. The number of halogens is 1. The highest BCUT2D eigenvalue weighted by Gasteiger charge is 2.21. The summed E-state index contributed by atoms with van der Waals surface area (Å²) in [6, 6.07) is 16.1. The van der Waals surface area contributed by atoms with Crippen molar-refractivity contribution in [3.63, 3.8) is 0 Å². The lowest BCUT2D eigenvalue weighted by molar-refractivity contribution is 0.0472. The number of esters is 1. The first-order valence-corrected chi connectivity index (χ1v) is 9.54. The monoisotopic (exact) mass is 410 g/mol. The third-order valence-corrected chi connectivity index (χ3v) is 5.13. The van der Waals surface area contributed by atoms with Crippen molar-refractivity contribution in [3.05, 3.63) is 76.6 Å². The summed E-state index contributed by atoms with van der Waals surface area (Å²) in [7, 11) is 0. The smallest absolute Gasteiger partial charge is 0.338 e. The van der Waals surface area contributed by atoms with E-state index in [1.165, 1.54) is 0 Å². The molecule has 2 heterocycles. The number of urea groups is 1. The Labute approximate surface area is 172 Å². The molecule has 3 aromatic rings. The zero-order chi connectivity index (χ0) is 20.4. The van der Waals surface area contributed by atoms with Gasteiger partial charge >= 0.3 is 12.0 Å². The van der Waals surface area contributed by atoms with Gasteiger partial charge in [-0.25, -0.2) is 14.3 Å². The second kappa shape index (κ2) is 7.97. The van der Waals surface area contributed by atoms with Crippen LogP contribution in [0, 0.1) is 6.92 Å². The van der Waals surface area contributed by atoms with E-state index in [1.807, 2.05) is 37.3 Å². The highest BCUT2D eigenvalue weighted by molar-refractivity contribution is 6.30. The van der Waals surface area contributed by atoms with Gasteiger partial charge < -0.3 is 10.1 Å². The Kier molecular flexibility index (Phi) is 5.22. The minimum Gasteiger partial charge on any atom is -0.457 e. The fraction of sp³-hybridized carbons (Fsp3) is 0.190. The molecule has 0 atom stereocenters. The van der Waals surface area contributed by atoms with Crippen LogP contribution >= 0.6 is 11.6 Å². The van der Waals surface area contributed by atoms with Crippen molar-refractivity contribution in [2.45, 2.75) is 13.5 Å². The molecule has 29 heavy (non-hydrogen) atoms. The number of ether oxygens (including phenoxy) is 1. The third-order valence-electron chi connectivity index (χ3n) is 4.74. The van der Waals surface area contributed by atoms with Gasteiger partial charge in [0, 0.05) is 24.3 Å². The van der Waals surface area contributed by atoms with Crippen LogP contribution in [0.2, 0.25) is 5.15 Å². The SMILES string of the molecule is Cc1nn(-c2ccccc2)c(Cl)c1COC(=O)c1ccc(N2CCNC2=O)cc1. The number of aryl methyl sites for hydroxylation is 1. The fourth-order valence-corrected chi connectivity index (χ4v) is 3.48. The standard InChI is InChI=1S/C21H19ClN4O3/c1-14-18(19(22)26(24-14)17-5-3-2-4-6-17)13-29-20(27)15-7-9-16(10-8-15)25-12-11-23-21(25)28/h2-10H,11-13H2,1H3,(H,23,28). The average molecular weight is 411 g/mol. The van der Waals surface area contributed by atoms with Gasteiger partial charge in [0.1, 0.15) is 11.8 Å². The molecule has 4 rings (SSSR count). The molecule has 1 aromatic heterocycles. The number of carbonyl (C=O) groups excluding carboxylic acids is 2. The molecule has 1 aliphatic heterocycles.